The second kappa shape index (κ2) is 5.76. The molecule has 0 aliphatic heterocycles. The van der Waals surface area contributed by atoms with Gasteiger partial charge >= 0.3 is 6.18 Å². The van der Waals surface area contributed by atoms with E-state index in [0.717, 1.165) is 0 Å². The summed E-state index contributed by atoms with van der Waals surface area (Å²) >= 11 is 0. The van der Waals surface area contributed by atoms with E-state index in [0.29, 0.717) is 0 Å². The van der Waals surface area contributed by atoms with Gasteiger partial charge in [-0.3, -0.25) is 4.79 Å². The van der Waals surface area contributed by atoms with Crippen molar-refractivity contribution in [2.45, 2.75) is 20.0 Å². The maximum absolute atomic E-state index is 11.1. The molecule has 0 aromatic rings. The summed E-state index contributed by atoms with van der Waals surface area (Å²) in [6.45, 7) is 4.00. The van der Waals surface area contributed by atoms with Crippen LogP contribution in [0.15, 0.2) is 12.2 Å². The minimum Gasteiger partial charge on any atom is -0.366 e. The maximum atomic E-state index is 11.1. The third-order valence-electron chi connectivity index (χ3n) is 0.437. The molecule has 5 heteroatoms. The van der Waals surface area contributed by atoms with Crippen LogP contribution in [-0.2, 0) is 4.79 Å². The monoisotopic (exact) mass is 169 g/mol. The summed E-state index contributed by atoms with van der Waals surface area (Å²) in [5.74, 6) is -1.10. The van der Waals surface area contributed by atoms with Crippen molar-refractivity contribution in [2.24, 2.45) is 5.73 Å². The molecule has 0 radical (unpaired) electrons. The lowest BCUT2D eigenvalue weighted by atomic mass is 10.5. The van der Waals surface area contributed by atoms with Crippen LogP contribution in [0.1, 0.15) is 13.8 Å². The average molecular weight is 169 g/mol. The number of alkyl halides is 3. The number of allylic oxidation sites excluding steroid dienone is 1. The first-order valence-electron chi connectivity index (χ1n) is 2.97. The van der Waals surface area contributed by atoms with Crippen molar-refractivity contribution in [2.75, 3.05) is 0 Å². The summed E-state index contributed by atoms with van der Waals surface area (Å²) in [6, 6.07) is 0. The molecule has 0 unspecified atom stereocenters. The molecule has 0 rings (SSSR count). The van der Waals surface area contributed by atoms with Crippen LogP contribution in [0.25, 0.3) is 0 Å². The lowest BCUT2D eigenvalue weighted by Crippen LogP contribution is -2.09. The predicted molar refractivity (Wildman–Crippen MR) is 35.7 cm³/mol. The first-order valence-corrected chi connectivity index (χ1v) is 2.97. The largest absolute Gasteiger partial charge is 0.409 e. The van der Waals surface area contributed by atoms with Crippen molar-refractivity contribution >= 4 is 5.91 Å². The number of rotatable bonds is 1. The van der Waals surface area contributed by atoms with Gasteiger partial charge < -0.3 is 5.73 Å². The Morgan fingerprint density at radius 1 is 1.36 bits per heavy atom. The van der Waals surface area contributed by atoms with Crippen LogP contribution in [-0.4, -0.2) is 12.1 Å². The zero-order chi connectivity index (χ0) is 9.49. The van der Waals surface area contributed by atoms with Gasteiger partial charge in [-0.05, 0) is 0 Å². The van der Waals surface area contributed by atoms with Crippen molar-refractivity contribution in [3.05, 3.63) is 12.2 Å². The standard InChI is InChI=1S/C4H4F3NO.C2H6/c5-4(6,7)2-1-3(8)9;1-2/h1-2H,(H2,8,9);1-2H3/b2-1+;. The molecule has 11 heavy (non-hydrogen) atoms. The number of amides is 1. The highest BCUT2D eigenvalue weighted by Gasteiger charge is 2.21. The molecule has 1 amide bonds. The molecule has 2 nitrogen and oxygen atoms in total. The number of carbonyl (C=O) groups excluding carboxylic acids is 1. The van der Waals surface area contributed by atoms with Crippen LogP contribution in [0.2, 0.25) is 0 Å². The van der Waals surface area contributed by atoms with E-state index in [4.69, 9.17) is 0 Å². The van der Waals surface area contributed by atoms with E-state index in [9.17, 15) is 18.0 Å². The third-order valence-corrected chi connectivity index (χ3v) is 0.437. The van der Waals surface area contributed by atoms with Crippen LogP contribution >= 0.6 is 0 Å². The average Bonchev–Trinajstić information content (AvgIpc) is 1.87. The van der Waals surface area contributed by atoms with E-state index in [1.165, 1.54) is 0 Å². The van der Waals surface area contributed by atoms with Crippen molar-refractivity contribution in [3.63, 3.8) is 0 Å². The van der Waals surface area contributed by atoms with Gasteiger partial charge in [-0.25, -0.2) is 0 Å². The van der Waals surface area contributed by atoms with E-state index < -0.39 is 12.1 Å². The SMILES string of the molecule is CC.NC(=O)/C=C/C(F)(F)F. The summed E-state index contributed by atoms with van der Waals surface area (Å²) in [4.78, 5) is 9.68. The van der Waals surface area contributed by atoms with E-state index in [1.807, 2.05) is 13.8 Å². The molecule has 0 saturated heterocycles. The number of hydrogen-bond acceptors (Lipinski definition) is 1. The first-order chi connectivity index (χ1) is 4.92. The highest BCUT2D eigenvalue weighted by Crippen LogP contribution is 2.15. The molecule has 0 fully saturated rings. The number of hydrogen-bond donors (Lipinski definition) is 1. The fraction of sp³-hybridized carbons (Fsp3) is 0.500. The number of halogens is 3. The first kappa shape index (κ1) is 12.7. The van der Waals surface area contributed by atoms with E-state index in [-0.39, 0.29) is 12.2 Å². The topological polar surface area (TPSA) is 43.1 Å². The van der Waals surface area contributed by atoms with Crippen LogP contribution in [0.5, 0.6) is 0 Å². The molecular weight excluding hydrogens is 159 g/mol. The molecule has 0 aliphatic rings. The Kier molecular flexibility index (Phi) is 6.63. The Labute approximate surface area is 62.9 Å². The smallest absolute Gasteiger partial charge is 0.366 e. The summed E-state index contributed by atoms with van der Waals surface area (Å²) < 4.78 is 33.4. The predicted octanol–water partition coefficient (Wildman–Crippen LogP) is 1.62. The van der Waals surface area contributed by atoms with Gasteiger partial charge in [0, 0.05) is 12.2 Å². The minimum atomic E-state index is -4.45. The molecule has 0 atom stereocenters. The Bertz CT molecular complexity index is 139. The van der Waals surface area contributed by atoms with Crippen molar-refractivity contribution in [1.29, 1.82) is 0 Å². The van der Waals surface area contributed by atoms with Crippen molar-refractivity contribution < 1.29 is 18.0 Å². The third kappa shape index (κ3) is 17.6. The molecular formula is C6H10F3NO. The lowest BCUT2D eigenvalue weighted by molar-refractivity contribution is -0.114. The van der Waals surface area contributed by atoms with E-state index >= 15 is 0 Å². The Hall–Kier alpha value is -1.00. The van der Waals surface area contributed by atoms with Gasteiger partial charge in [-0.15, -0.1) is 0 Å². The van der Waals surface area contributed by atoms with Crippen LogP contribution < -0.4 is 5.73 Å². The Morgan fingerprint density at radius 2 is 1.73 bits per heavy atom. The second-order valence-corrected chi connectivity index (χ2v) is 1.28. The Morgan fingerprint density at radius 3 is 1.82 bits per heavy atom. The molecule has 2 N–H and O–H groups in total. The number of carbonyl (C=O) groups is 1. The van der Waals surface area contributed by atoms with Gasteiger partial charge in [-0.1, -0.05) is 13.8 Å². The normalized spacial score (nSPS) is 10.6. The summed E-state index contributed by atoms with van der Waals surface area (Å²) in [6.07, 6.45) is -4.40. The van der Waals surface area contributed by atoms with Gasteiger partial charge in [-0.2, -0.15) is 13.2 Å². The molecule has 0 aromatic heterocycles. The maximum Gasteiger partial charge on any atom is 0.409 e. The Balaban J connectivity index is 0. The van der Waals surface area contributed by atoms with Crippen LogP contribution in [0.4, 0.5) is 13.2 Å². The van der Waals surface area contributed by atoms with Crippen LogP contribution in [0.3, 0.4) is 0 Å². The molecule has 0 spiro atoms. The molecule has 0 saturated carbocycles. The summed E-state index contributed by atoms with van der Waals surface area (Å²) in [7, 11) is 0. The molecule has 0 aromatic carbocycles. The van der Waals surface area contributed by atoms with Gasteiger partial charge in [0.2, 0.25) is 5.91 Å². The fourth-order valence-electron chi connectivity index (χ4n) is 0.177. The quantitative estimate of drug-likeness (QED) is 0.595. The zero-order valence-electron chi connectivity index (χ0n) is 6.27. The van der Waals surface area contributed by atoms with E-state index in [1.54, 1.807) is 0 Å². The minimum absolute atomic E-state index is 0.213. The van der Waals surface area contributed by atoms with Crippen molar-refractivity contribution in [1.82, 2.24) is 0 Å². The highest BCUT2D eigenvalue weighted by atomic mass is 19.4. The summed E-state index contributed by atoms with van der Waals surface area (Å²) in [5, 5.41) is 0. The molecule has 0 aliphatic carbocycles. The van der Waals surface area contributed by atoms with Gasteiger partial charge in [0.05, 0.1) is 0 Å². The van der Waals surface area contributed by atoms with E-state index in [2.05, 4.69) is 5.73 Å². The summed E-state index contributed by atoms with van der Waals surface area (Å²) in [5.41, 5.74) is 4.37. The molecule has 66 valence electrons. The van der Waals surface area contributed by atoms with Crippen LogP contribution in [0, 0.1) is 0 Å². The van der Waals surface area contributed by atoms with Gasteiger partial charge in [0.25, 0.3) is 0 Å². The fourth-order valence-corrected chi connectivity index (χ4v) is 0.177. The van der Waals surface area contributed by atoms with Gasteiger partial charge in [0.1, 0.15) is 0 Å². The molecule has 0 heterocycles. The lowest BCUT2D eigenvalue weighted by Gasteiger charge is -1.94. The van der Waals surface area contributed by atoms with Gasteiger partial charge in [0.15, 0.2) is 0 Å². The molecule has 0 bridgehead atoms. The zero-order valence-corrected chi connectivity index (χ0v) is 6.27. The van der Waals surface area contributed by atoms with Crippen molar-refractivity contribution in [3.8, 4) is 0 Å². The number of primary amides is 1. The number of nitrogens with two attached hydrogens (primary N) is 1. The second-order valence-electron chi connectivity index (χ2n) is 1.28. The highest BCUT2D eigenvalue weighted by molar-refractivity contribution is 5.85.